The largest absolute Gasteiger partial charge is 0.349 e. The van der Waals surface area contributed by atoms with Crippen molar-refractivity contribution < 1.29 is 22.8 Å². The highest BCUT2D eigenvalue weighted by Gasteiger charge is 2.32. The minimum absolute atomic E-state index is 0.115. The number of amides is 2. The number of anilines is 1. The van der Waals surface area contributed by atoms with Crippen LogP contribution in [0, 0.1) is 17.5 Å². The summed E-state index contributed by atoms with van der Waals surface area (Å²) in [5, 5.41) is 2.91. The molecular weight excluding hydrogens is 475 g/mol. The highest BCUT2D eigenvalue weighted by atomic mass is 32.2. The van der Waals surface area contributed by atoms with E-state index in [4.69, 9.17) is 0 Å². The second-order valence-electron chi connectivity index (χ2n) is 7.70. The zero-order chi connectivity index (χ0) is 24.9. The maximum atomic E-state index is 14.0. The highest BCUT2D eigenvalue weighted by Crippen LogP contribution is 2.29. The molecule has 0 fully saturated rings. The van der Waals surface area contributed by atoms with Crippen LogP contribution in [-0.4, -0.2) is 22.7 Å². The minimum Gasteiger partial charge on any atom is -0.349 e. The lowest BCUT2D eigenvalue weighted by molar-refractivity contribution is -0.119. The Morgan fingerprint density at radius 3 is 2.40 bits per heavy atom. The summed E-state index contributed by atoms with van der Waals surface area (Å²) in [6.07, 6.45) is 1.63. The molecule has 3 aromatic carbocycles. The number of rotatable bonds is 6. The van der Waals surface area contributed by atoms with Crippen molar-refractivity contribution in [1.82, 2.24) is 5.32 Å². The summed E-state index contributed by atoms with van der Waals surface area (Å²) in [6.45, 7) is 1.58. The zero-order valence-electron chi connectivity index (χ0n) is 18.5. The molecule has 4 rings (SSSR count). The van der Waals surface area contributed by atoms with Crippen LogP contribution in [0.1, 0.15) is 24.1 Å². The summed E-state index contributed by atoms with van der Waals surface area (Å²) in [6, 6.07) is 17.0. The molecule has 1 heterocycles. The van der Waals surface area contributed by atoms with Gasteiger partial charge in [-0.2, -0.15) is 0 Å². The first-order chi connectivity index (χ1) is 16.8. The molecule has 0 saturated heterocycles. The average Bonchev–Trinajstić information content (AvgIpc) is 3.13. The number of halogens is 3. The van der Waals surface area contributed by atoms with Gasteiger partial charge < -0.3 is 5.32 Å². The van der Waals surface area contributed by atoms with Crippen LogP contribution in [0.2, 0.25) is 0 Å². The van der Waals surface area contributed by atoms with Crippen LogP contribution in [-0.2, 0) is 9.59 Å². The van der Waals surface area contributed by atoms with Gasteiger partial charge in [0.25, 0.3) is 5.91 Å². The van der Waals surface area contributed by atoms with E-state index in [9.17, 15) is 22.8 Å². The molecular formula is C26H20F3N3O2S. The first kappa shape index (κ1) is 24.3. The number of aliphatic imine (C=N–C) groups is 1. The Bertz CT molecular complexity index is 1310. The molecule has 1 aliphatic rings. The van der Waals surface area contributed by atoms with Gasteiger partial charge in [-0.25, -0.2) is 18.2 Å². The van der Waals surface area contributed by atoms with Crippen molar-refractivity contribution in [3.05, 3.63) is 107 Å². The van der Waals surface area contributed by atoms with Crippen LogP contribution in [0.5, 0.6) is 0 Å². The van der Waals surface area contributed by atoms with E-state index in [0.29, 0.717) is 5.69 Å². The van der Waals surface area contributed by atoms with Crippen LogP contribution >= 0.6 is 11.8 Å². The number of nitrogens with one attached hydrogen (secondary N) is 1. The third kappa shape index (κ3) is 5.81. The quantitative estimate of drug-likeness (QED) is 0.462. The normalized spacial score (nSPS) is 15.3. The van der Waals surface area contributed by atoms with Crippen molar-refractivity contribution >= 4 is 40.5 Å². The molecule has 0 aliphatic carbocycles. The van der Waals surface area contributed by atoms with E-state index in [1.54, 1.807) is 13.0 Å². The second kappa shape index (κ2) is 10.6. The molecule has 0 bridgehead atoms. The number of nitrogens with zero attached hydrogens (tertiary/aromatic N) is 2. The number of thioether (sulfide) groups is 1. The lowest BCUT2D eigenvalue weighted by Crippen LogP contribution is -2.33. The van der Waals surface area contributed by atoms with Gasteiger partial charge in [-0.3, -0.25) is 14.5 Å². The Morgan fingerprint density at radius 2 is 1.71 bits per heavy atom. The minimum atomic E-state index is -0.755. The van der Waals surface area contributed by atoms with Crippen molar-refractivity contribution in [2.24, 2.45) is 4.99 Å². The van der Waals surface area contributed by atoms with Crippen LogP contribution in [0.3, 0.4) is 0 Å². The van der Waals surface area contributed by atoms with Gasteiger partial charge in [-0.15, -0.1) is 0 Å². The molecule has 35 heavy (non-hydrogen) atoms. The predicted octanol–water partition coefficient (Wildman–Crippen LogP) is 5.46. The van der Waals surface area contributed by atoms with Crippen molar-refractivity contribution in [3.8, 4) is 0 Å². The number of carbonyl (C=O) groups excluding carboxylic acids is 2. The molecule has 1 atom stereocenters. The maximum absolute atomic E-state index is 14.0. The standard InChI is InChI=1S/C26H20F3N3O2S/c1-16(21-12-9-19(28)14-22(21)29)30-24(33)15-35-26-31-23(13-17-5-3-2-4-6-17)25(34)32(26)20-10-7-18(27)8-11-20/h2-14,16H,15H2,1H3,(H,30,33)/b23-13-. The fourth-order valence-corrected chi connectivity index (χ4v) is 4.29. The molecule has 0 spiro atoms. The number of hydrogen-bond donors (Lipinski definition) is 1. The van der Waals surface area contributed by atoms with Gasteiger partial charge in [0, 0.05) is 11.6 Å². The summed E-state index contributed by atoms with van der Waals surface area (Å²) in [5.74, 6) is -2.87. The number of carbonyl (C=O) groups is 2. The Labute approximate surface area is 204 Å². The van der Waals surface area contributed by atoms with E-state index in [1.165, 1.54) is 35.2 Å². The number of hydrogen-bond acceptors (Lipinski definition) is 4. The van der Waals surface area contributed by atoms with Gasteiger partial charge in [-0.05, 0) is 48.9 Å². The summed E-state index contributed by atoms with van der Waals surface area (Å²) < 4.78 is 40.6. The monoisotopic (exact) mass is 495 g/mol. The van der Waals surface area contributed by atoms with E-state index in [-0.39, 0.29) is 22.2 Å². The Kier molecular flexibility index (Phi) is 7.36. The summed E-state index contributed by atoms with van der Waals surface area (Å²) in [5.41, 5.74) is 1.50. The van der Waals surface area contributed by atoms with Crippen LogP contribution in [0.25, 0.3) is 6.08 Å². The molecule has 1 N–H and O–H groups in total. The summed E-state index contributed by atoms with van der Waals surface area (Å²) in [7, 11) is 0. The molecule has 0 aromatic heterocycles. The molecule has 1 aliphatic heterocycles. The number of amidine groups is 1. The fourth-order valence-electron chi connectivity index (χ4n) is 3.46. The third-order valence-corrected chi connectivity index (χ3v) is 6.09. The van der Waals surface area contributed by atoms with Gasteiger partial charge in [0.05, 0.1) is 17.5 Å². The highest BCUT2D eigenvalue weighted by molar-refractivity contribution is 8.14. The Morgan fingerprint density at radius 1 is 1.03 bits per heavy atom. The third-order valence-electron chi connectivity index (χ3n) is 5.16. The zero-order valence-corrected chi connectivity index (χ0v) is 19.4. The first-order valence-electron chi connectivity index (χ1n) is 10.6. The van der Waals surface area contributed by atoms with Crippen LogP contribution < -0.4 is 10.2 Å². The Balaban J connectivity index is 1.52. The summed E-state index contributed by atoms with van der Waals surface area (Å²) in [4.78, 5) is 31.4. The molecule has 9 heteroatoms. The lowest BCUT2D eigenvalue weighted by Gasteiger charge is -2.18. The lowest BCUT2D eigenvalue weighted by atomic mass is 10.1. The average molecular weight is 496 g/mol. The fraction of sp³-hybridized carbons (Fsp3) is 0.115. The van der Waals surface area contributed by atoms with E-state index in [2.05, 4.69) is 10.3 Å². The predicted molar refractivity (Wildman–Crippen MR) is 131 cm³/mol. The Hall–Kier alpha value is -3.85. The van der Waals surface area contributed by atoms with E-state index >= 15 is 0 Å². The molecule has 178 valence electrons. The molecule has 1 unspecified atom stereocenters. The van der Waals surface area contributed by atoms with Gasteiger partial charge in [0.2, 0.25) is 5.91 Å². The van der Waals surface area contributed by atoms with Crippen LogP contribution in [0.4, 0.5) is 18.9 Å². The van der Waals surface area contributed by atoms with E-state index in [0.717, 1.165) is 29.5 Å². The van der Waals surface area contributed by atoms with E-state index < -0.39 is 35.3 Å². The molecule has 3 aromatic rings. The van der Waals surface area contributed by atoms with Gasteiger partial charge in [0.1, 0.15) is 23.1 Å². The summed E-state index contributed by atoms with van der Waals surface area (Å²) >= 11 is 1.02. The van der Waals surface area contributed by atoms with Crippen molar-refractivity contribution in [2.45, 2.75) is 13.0 Å². The smallest absolute Gasteiger partial charge is 0.283 e. The van der Waals surface area contributed by atoms with E-state index in [1.807, 2.05) is 30.3 Å². The molecule has 0 radical (unpaired) electrons. The number of benzene rings is 3. The first-order valence-corrected chi connectivity index (χ1v) is 11.6. The SMILES string of the molecule is CC(NC(=O)CSC1=N/C(=C\c2ccccc2)C(=O)N1c1ccc(F)cc1)c1ccc(F)cc1F. The van der Waals surface area contributed by atoms with Crippen molar-refractivity contribution in [2.75, 3.05) is 10.7 Å². The van der Waals surface area contributed by atoms with Crippen molar-refractivity contribution in [3.63, 3.8) is 0 Å². The maximum Gasteiger partial charge on any atom is 0.283 e. The molecule has 2 amide bonds. The van der Waals surface area contributed by atoms with Crippen LogP contribution in [0.15, 0.2) is 83.5 Å². The van der Waals surface area contributed by atoms with Gasteiger partial charge in [0.15, 0.2) is 5.17 Å². The molecule has 0 saturated carbocycles. The molecule has 5 nitrogen and oxygen atoms in total. The van der Waals surface area contributed by atoms with Gasteiger partial charge in [-0.1, -0.05) is 48.2 Å². The van der Waals surface area contributed by atoms with Gasteiger partial charge >= 0.3 is 0 Å². The topological polar surface area (TPSA) is 61.8 Å². The second-order valence-corrected chi connectivity index (χ2v) is 8.64. The van der Waals surface area contributed by atoms with Crippen molar-refractivity contribution in [1.29, 1.82) is 0 Å².